The molecule has 0 aliphatic rings. The largest absolute Gasteiger partial charge is 0.383 e. The van der Waals surface area contributed by atoms with Crippen LogP contribution < -0.4 is 5.32 Å². The number of rotatable bonds is 7. The van der Waals surface area contributed by atoms with Crippen molar-refractivity contribution in [3.63, 3.8) is 0 Å². The van der Waals surface area contributed by atoms with E-state index in [9.17, 15) is 8.78 Å². The quantitative estimate of drug-likeness (QED) is 0.843. The van der Waals surface area contributed by atoms with Gasteiger partial charge in [-0.25, -0.2) is 8.78 Å². The molecule has 2 aromatic carbocycles. The van der Waals surface area contributed by atoms with E-state index in [0.29, 0.717) is 25.1 Å². The van der Waals surface area contributed by atoms with Gasteiger partial charge in [-0.3, -0.25) is 0 Å². The van der Waals surface area contributed by atoms with Crippen molar-refractivity contribution in [1.29, 1.82) is 0 Å². The van der Waals surface area contributed by atoms with Crippen LogP contribution in [0.25, 0.3) is 0 Å². The normalized spacial score (nSPS) is 12.3. The fourth-order valence-corrected chi connectivity index (χ4v) is 2.24. The molecule has 2 rings (SSSR count). The molecule has 0 bridgehead atoms. The second kappa shape index (κ2) is 7.86. The maximum absolute atomic E-state index is 13.5. The van der Waals surface area contributed by atoms with Crippen LogP contribution in [0.4, 0.5) is 8.78 Å². The second-order valence-electron chi connectivity index (χ2n) is 4.86. The van der Waals surface area contributed by atoms with Crippen molar-refractivity contribution in [2.45, 2.75) is 12.5 Å². The molecule has 0 saturated carbocycles. The van der Waals surface area contributed by atoms with Crippen LogP contribution in [0.1, 0.15) is 17.2 Å². The Bertz CT molecular complexity index is 560. The maximum Gasteiger partial charge on any atom is 0.126 e. The molecule has 4 heteroatoms. The van der Waals surface area contributed by atoms with E-state index in [2.05, 4.69) is 5.32 Å². The van der Waals surface area contributed by atoms with E-state index in [0.717, 1.165) is 17.7 Å². The monoisotopic (exact) mass is 291 g/mol. The first-order valence-electron chi connectivity index (χ1n) is 6.92. The predicted molar refractivity (Wildman–Crippen MR) is 79.1 cm³/mol. The summed E-state index contributed by atoms with van der Waals surface area (Å²) in [6, 6.07) is 13.5. The van der Waals surface area contributed by atoms with E-state index >= 15 is 0 Å². The van der Waals surface area contributed by atoms with E-state index in [1.807, 2.05) is 30.3 Å². The Morgan fingerprint density at radius 2 is 1.86 bits per heavy atom. The third-order valence-corrected chi connectivity index (χ3v) is 3.33. The summed E-state index contributed by atoms with van der Waals surface area (Å²) < 4.78 is 31.9. The summed E-state index contributed by atoms with van der Waals surface area (Å²) in [5.74, 6) is -0.788. The van der Waals surface area contributed by atoms with Gasteiger partial charge in [-0.15, -0.1) is 0 Å². The summed E-state index contributed by atoms with van der Waals surface area (Å²) in [5, 5.41) is 3.32. The molecule has 2 aromatic rings. The first-order chi connectivity index (χ1) is 10.2. The Balaban J connectivity index is 1.95. The van der Waals surface area contributed by atoms with Gasteiger partial charge in [0.15, 0.2) is 0 Å². The van der Waals surface area contributed by atoms with Crippen LogP contribution in [0.5, 0.6) is 0 Å². The van der Waals surface area contributed by atoms with E-state index < -0.39 is 5.82 Å². The van der Waals surface area contributed by atoms with Gasteiger partial charge in [0.05, 0.1) is 12.6 Å². The fraction of sp³-hybridized carbons (Fsp3) is 0.294. The first-order valence-corrected chi connectivity index (χ1v) is 6.92. The van der Waals surface area contributed by atoms with E-state index in [1.165, 1.54) is 6.07 Å². The fourth-order valence-electron chi connectivity index (χ4n) is 2.24. The number of hydrogen-bond donors (Lipinski definition) is 1. The average molecular weight is 291 g/mol. The minimum absolute atomic E-state index is 0.0350. The molecular formula is C17H19F2NO. The van der Waals surface area contributed by atoms with Crippen LogP contribution in [0, 0.1) is 11.6 Å². The van der Waals surface area contributed by atoms with Crippen molar-refractivity contribution in [1.82, 2.24) is 5.32 Å². The lowest BCUT2D eigenvalue weighted by Crippen LogP contribution is -2.27. The topological polar surface area (TPSA) is 21.3 Å². The Kier molecular flexibility index (Phi) is 5.84. The van der Waals surface area contributed by atoms with Gasteiger partial charge in [0.1, 0.15) is 11.6 Å². The van der Waals surface area contributed by atoms with E-state index in [4.69, 9.17) is 4.74 Å². The van der Waals surface area contributed by atoms with Crippen molar-refractivity contribution >= 4 is 0 Å². The molecule has 0 heterocycles. The molecule has 2 nitrogen and oxygen atoms in total. The number of benzene rings is 2. The summed E-state index contributed by atoms with van der Waals surface area (Å²) in [4.78, 5) is 0. The Labute approximate surface area is 123 Å². The van der Waals surface area contributed by atoms with Crippen LogP contribution in [-0.2, 0) is 11.2 Å². The van der Waals surface area contributed by atoms with Gasteiger partial charge in [-0.05, 0) is 42.3 Å². The molecule has 21 heavy (non-hydrogen) atoms. The highest BCUT2D eigenvalue weighted by atomic mass is 19.1. The number of hydrogen-bond acceptors (Lipinski definition) is 2. The molecular weight excluding hydrogens is 272 g/mol. The molecule has 0 amide bonds. The molecule has 0 aromatic heterocycles. The van der Waals surface area contributed by atoms with Crippen LogP contribution in [-0.4, -0.2) is 20.3 Å². The van der Waals surface area contributed by atoms with Gasteiger partial charge in [-0.2, -0.15) is 0 Å². The van der Waals surface area contributed by atoms with Gasteiger partial charge in [0, 0.05) is 7.11 Å². The molecule has 0 aliphatic heterocycles. The van der Waals surface area contributed by atoms with Crippen molar-refractivity contribution < 1.29 is 13.5 Å². The van der Waals surface area contributed by atoms with E-state index in [1.54, 1.807) is 7.11 Å². The van der Waals surface area contributed by atoms with Gasteiger partial charge >= 0.3 is 0 Å². The third kappa shape index (κ3) is 4.62. The lowest BCUT2D eigenvalue weighted by Gasteiger charge is -2.18. The second-order valence-corrected chi connectivity index (χ2v) is 4.86. The summed E-state index contributed by atoms with van der Waals surface area (Å²) in [7, 11) is 1.64. The highest BCUT2D eigenvalue weighted by Crippen LogP contribution is 2.14. The summed E-state index contributed by atoms with van der Waals surface area (Å²) in [6.45, 7) is 1.07. The zero-order valence-corrected chi connectivity index (χ0v) is 12.0. The van der Waals surface area contributed by atoms with Crippen molar-refractivity contribution in [2.75, 3.05) is 20.3 Å². The van der Waals surface area contributed by atoms with Crippen LogP contribution >= 0.6 is 0 Å². The minimum atomic E-state index is -0.414. The zero-order valence-electron chi connectivity index (χ0n) is 12.0. The van der Waals surface area contributed by atoms with E-state index in [-0.39, 0.29) is 11.9 Å². The van der Waals surface area contributed by atoms with Gasteiger partial charge in [-0.1, -0.05) is 30.3 Å². The minimum Gasteiger partial charge on any atom is -0.383 e. The SMILES string of the molecule is COCC(NCCc1cc(F)ccc1F)c1ccccc1. The molecule has 0 radical (unpaired) electrons. The lowest BCUT2D eigenvalue weighted by molar-refractivity contribution is 0.167. The van der Waals surface area contributed by atoms with Gasteiger partial charge in [0.25, 0.3) is 0 Å². The molecule has 0 fully saturated rings. The lowest BCUT2D eigenvalue weighted by atomic mass is 10.1. The molecule has 0 saturated heterocycles. The Morgan fingerprint density at radius 3 is 2.57 bits per heavy atom. The first kappa shape index (κ1) is 15.6. The smallest absolute Gasteiger partial charge is 0.126 e. The average Bonchev–Trinajstić information content (AvgIpc) is 2.51. The summed E-state index contributed by atoms with van der Waals surface area (Å²) in [5.41, 5.74) is 1.49. The highest BCUT2D eigenvalue weighted by Gasteiger charge is 2.11. The molecule has 1 N–H and O–H groups in total. The van der Waals surface area contributed by atoms with Crippen LogP contribution in [0.3, 0.4) is 0 Å². The zero-order chi connectivity index (χ0) is 15.1. The van der Waals surface area contributed by atoms with Crippen molar-refractivity contribution in [3.8, 4) is 0 Å². The third-order valence-electron chi connectivity index (χ3n) is 3.33. The van der Waals surface area contributed by atoms with Gasteiger partial charge < -0.3 is 10.1 Å². The van der Waals surface area contributed by atoms with Crippen LogP contribution in [0.15, 0.2) is 48.5 Å². The summed E-state index contributed by atoms with van der Waals surface area (Å²) >= 11 is 0. The van der Waals surface area contributed by atoms with Crippen molar-refractivity contribution in [3.05, 3.63) is 71.3 Å². The predicted octanol–water partition coefficient (Wildman–Crippen LogP) is 3.48. The van der Waals surface area contributed by atoms with Gasteiger partial charge in [0.2, 0.25) is 0 Å². The molecule has 0 aliphatic carbocycles. The molecule has 112 valence electrons. The Morgan fingerprint density at radius 1 is 1.10 bits per heavy atom. The van der Waals surface area contributed by atoms with Crippen LogP contribution in [0.2, 0.25) is 0 Å². The number of halogens is 2. The number of methoxy groups -OCH3 is 1. The highest BCUT2D eigenvalue weighted by molar-refractivity contribution is 5.20. The number of ether oxygens (including phenoxy) is 1. The summed E-state index contributed by atoms with van der Waals surface area (Å²) in [6.07, 6.45) is 0.427. The maximum atomic E-state index is 13.5. The molecule has 0 spiro atoms. The standard InChI is InChI=1S/C17H19F2NO/c1-21-12-17(13-5-3-2-4-6-13)20-10-9-14-11-15(18)7-8-16(14)19/h2-8,11,17,20H,9-10,12H2,1H3. The van der Waals surface area contributed by atoms with Crippen molar-refractivity contribution in [2.24, 2.45) is 0 Å². The number of nitrogens with one attached hydrogen (secondary N) is 1. The molecule has 1 unspecified atom stereocenters. The molecule has 1 atom stereocenters. The Hall–Kier alpha value is -1.78.